The highest BCUT2D eigenvalue weighted by atomic mass is 79.9. The lowest BCUT2D eigenvalue weighted by Crippen LogP contribution is -2.17. The number of anilines is 1. The summed E-state index contributed by atoms with van der Waals surface area (Å²) in [5, 5.41) is 2.89. The minimum atomic E-state index is -0.688. The summed E-state index contributed by atoms with van der Waals surface area (Å²) in [6, 6.07) is 12.3. The van der Waals surface area contributed by atoms with Crippen LogP contribution in [-0.2, 0) is 16.1 Å². The molecule has 5 nitrogen and oxygen atoms in total. The van der Waals surface area contributed by atoms with Crippen LogP contribution in [0, 0.1) is 0 Å². The summed E-state index contributed by atoms with van der Waals surface area (Å²) in [6.45, 7) is 2.02. The maximum absolute atomic E-state index is 12.0. The van der Waals surface area contributed by atoms with E-state index >= 15 is 0 Å². The van der Waals surface area contributed by atoms with Gasteiger partial charge < -0.3 is 9.47 Å². The second-order valence-electron chi connectivity index (χ2n) is 4.72. The molecule has 2 aromatic rings. The van der Waals surface area contributed by atoms with Crippen LogP contribution in [-0.4, -0.2) is 18.7 Å². The van der Waals surface area contributed by atoms with Crippen LogP contribution in [0.15, 0.2) is 46.9 Å². The molecule has 0 saturated heterocycles. The van der Waals surface area contributed by atoms with Crippen LogP contribution >= 0.6 is 27.5 Å². The van der Waals surface area contributed by atoms with Crippen LogP contribution in [0.25, 0.3) is 0 Å². The van der Waals surface area contributed by atoms with Crippen LogP contribution in [0.4, 0.5) is 10.5 Å². The Balaban J connectivity index is 2.13. The van der Waals surface area contributed by atoms with E-state index in [0.717, 1.165) is 5.56 Å². The fourth-order valence-corrected chi connectivity index (χ4v) is 2.84. The largest absolute Gasteiger partial charge is 0.462 e. The van der Waals surface area contributed by atoms with Gasteiger partial charge in [-0.15, -0.1) is 0 Å². The first kappa shape index (κ1) is 18.3. The van der Waals surface area contributed by atoms with Gasteiger partial charge in [0.1, 0.15) is 6.61 Å². The lowest BCUT2D eigenvalue weighted by molar-refractivity contribution is 0.0527. The predicted molar refractivity (Wildman–Crippen MR) is 95.4 cm³/mol. The molecule has 0 bridgehead atoms. The van der Waals surface area contributed by atoms with Crippen molar-refractivity contribution in [2.75, 3.05) is 11.9 Å². The number of ether oxygens (including phenoxy) is 2. The molecule has 0 fully saturated rings. The summed E-state index contributed by atoms with van der Waals surface area (Å²) in [5.41, 5.74) is 1.25. The second-order valence-corrected chi connectivity index (χ2v) is 6.01. The van der Waals surface area contributed by atoms with E-state index in [-0.39, 0.29) is 24.5 Å². The number of amides is 1. The maximum Gasteiger partial charge on any atom is 0.412 e. The van der Waals surface area contributed by atoms with Crippen LogP contribution in [0.3, 0.4) is 0 Å². The normalized spacial score (nSPS) is 10.1. The first-order valence-electron chi connectivity index (χ1n) is 7.15. The molecule has 0 heterocycles. The summed E-state index contributed by atoms with van der Waals surface area (Å²) in [7, 11) is 0. The molecule has 0 radical (unpaired) electrons. The third kappa shape index (κ3) is 4.97. The molecule has 2 aromatic carbocycles. The summed E-state index contributed by atoms with van der Waals surface area (Å²) in [6.07, 6.45) is -0.688. The number of halogens is 2. The van der Waals surface area contributed by atoms with Crippen molar-refractivity contribution in [3.63, 3.8) is 0 Å². The van der Waals surface area contributed by atoms with Crippen molar-refractivity contribution in [2.24, 2.45) is 0 Å². The van der Waals surface area contributed by atoms with E-state index in [9.17, 15) is 9.59 Å². The van der Waals surface area contributed by atoms with Crippen molar-refractivity contribution in [2.45, 2.75) is 13.5 Å². The Morgan fingerprint density at radius 2 is 1.88 bits per heavy atom. The van der Waals surface area contributed by atoms with Crippen LogP contribution in [0.1, 0.15) is 22.8 Å². The Morgan fingerprint density at radius 3 is 2.54 bits per heavy atom. The second kappa shape index (κ2) is 8.70. The van der Waals surface area contributed by atoms with Crippen molar-refractivity contribution in [3.05, 3.63) is 63.1 Å². The topological polar surface area (TPSA) is 64.6 Å². The number of hydrogen-bond acceptors (Lipinski definition) is 4. The average molecular weight is 413 g/mol. The van der Waals surface area contributed by atoms with Gasteiger partial charge in [0, 0.05) is 9.50 Å². The lowest BCUT2D eigenvalue weighted by atomic mass is 10.2. The van der Waals surface area contributed by atoms with E-state index in [0.29, 0.717) is 9.50 Å². The number of esters is 1. The zero-order valence-corrected chi connectivity index (χ0v) is 15.2. The molecule has 0 spiro atoms. The molecule has 0 atom stereocenters. The molecule has 24 heavy (non-hydrogen) atoms. The quantitative estimate of drug-likeness (QED) is 0.700. The fraction of sp³-hybridized carbons (Fsp3) is 0.176. The van der Waals surface area contributed by atoms with Crippen molar-refractivity contribution in [1.82, 2.24) is 0 Å². The van der Waals surface area contributed by atoms with Gasteiger partial charge in [0.05, 0.1) is 17.9 Å². The summed E-state index contributed by atoms with van der Waals surface area (Å²) in [5.74, 6) is -0.584. The molecule has 126 valence electrons. The Labute approximate surface area is 153 Å². The molecule has 2 rings (SSSR count). The van der Waals surface area contributed by atoms with Gasteiger partial charge in [-0.3, -0.25) is 5.32 Å². The first-order valence-corrected chi connectivity index (χ1v) is 8.32. The number of hydrogen-bond donors (Lipinski definition) is 1. The molecular weight excluding hydrogens is 398 g/mol. The predicted octanol–water partition coefficient (Wildman–Crippen LogP) is 5.03. The van der Waals surface area contributed by atoms with Crippen molar-refractivity contribution in [3.8, 4) is 0 Å². The molecule has 0 saturated carbocycles. The molecule has 7 heteroatoms. The minimum absolute atomic E-state index is 0.118. The highest BCUT2D eigenvalue weighted by Gasteiger charge is 2.19. The third-order valence-corrected chi connectivity index (χ3v) is 3.83. The lowest BCUT2D eigenvalue weighted by Gasteiger charge is -2.13. The zero-order chi connectivity index (χ0) is 17.5. The van der Waals surface area contributed by atoms with Crippen LogP contribution in [0.5, 0.6) is 0 Å². The zero-order valence-electron chi connectivity index (χ0n) is 12.8. The number of carbonyl (C=O) groups excluding carboxylic acids is 2. The van der Waals surface area contributed by atoms with Gasteiger partial charge in [-0.1, -0.05) is 41.9 Å². The summed E-state index contributed by atoms with van der Waals surface area (Å²) in [4.78, 5) is 24.1. The highest BCUT2D eigenvalue weighted by Crippen LogP contribution is 2.31. The van der Waals surface area contributed by atoms with E-state index in [4.69, 9.17) is 21.1 Å². The maximum atomic E-state index is 12.0. The van der Waals surface area contributed by atoms with Crippen LogP contribution in [0.2, 0.25) is 5.02 Å². The molecule has 0 aliphatic carbocycles. The summed E-state index contributed by atoms with van der Waals surface area (Å²) < 4.78 is 10.6. The molecule has 0 aromatic heterocycles. The Hall–Kier alpha value is -2.05. The number of carbonyl (C=O) groups is 2. The van der Waals surface area contributed by atoms with E-state index in [1.165, 1.54) is 6.07 Å². The SMILES string of the molecule is CCOC(=O)c1cc(Cl)cc(Br)c1NC(=O)OCc1ccccc1. The van der Waals surface area contributed by atoms with Crippen molar-refractivity contribution < 1.29 is 19.1 Å². The molecular formula is C17H15BrClNO4. The number of nitrogens with one attached hydrogen (secondary N) is 1. The smallest absolute Gasteiger partial charge is 0.412 e. The van der Waals surface area contributed by atoms with Crippen molar-refractivity contribution in [1.29, 1.82) is 0 Å². The van der Waals surface area contributed by atoms with E-state index in [1.807, 2.05) is 30.3 Å². The Kier molecular flexibility index (Phi) is 6.63. The first-order chi connectivity index (χ1) is 11.5. The van der Waals surface area contributed by atoms with Gasteiger partial charge in [0.2, 0.25) is 0 Å². The van der Waals surface area contributed by atoms with Crippen molar-refractivity contribution >= 4 is 45.3 Å². The van der Waals surface area contributed by atoms with Gasteiger partial charge in [-0.25, -0.2) is 9.59 Å². The van der Waals surface area contributed by atoms with Crippen LogP contribution < -0.4 is 5.32 Å². The van der Waals surface area contributed by atoms with Gasteiger partial charge >= 0.3 is 12.1 Å². The fourth-order valence-electron chi connectivity index (χ4n) is 1.93. The standard InChI is InChI=1S/C17H15BrClNO4/c1-2-23-16(21)13-8-12(19)9-14(18)15(13)20-17(22)24-10-11-6-4-3-5-7-11/h3-9H,2,10H2,1H3,(H,20,22). The van der Waals surface area contributed by atoms with E-state index in [1.54, 1.807) is 13.0 Å². The number of benzene rings is 2. The Bertz CT molecular complexity index is 737. The molecule has 0 aliphatic rings. The third-order valence-electron chi connectivity index (χ3n) is 2.99. The molecule has 0 aliphatic heterocycles. The van der Waals surface area contributed by atoms with Gasteiger partial charge in [-0.05, 0) is 40.5 Å². The highest BCUT2D eigenvalue weighted by molar-refractivity contribution is 9.10. The van der Waals surface area contributed by atoms with E-state index < -0.39 is 12.1 Å². The molecule has 0 unspecified atom stereocenters. The van der Waals surface area contributed by atoms with E-state index in [2.05, 4.69) is 21.2 Å². The van der Waals surface area contributed by atoms with Gasteiger partial charge in [0.25, 0.3) is 0 Å². The monoisotopic (exact) mass is 411 g/mol. The summed E-state index contributed by atoms with van der Waals surface area (Å²) >= 11 is 9.24. The average Bonchev–Trinajstić information content (AvgIpc) is 2.56. The minimum Gasteiger partial charge on any atom is -0.462 e. The molecule has 1 N–H and O–H groups in total. The number of rotatable bonds is 5. The van der Waals surface area contributed by atoms with Gasteiger partial charge in [0.15, 0.2) is 0 Å². The Morgan fingerprint density at radius 1 is 1.17 bits per heavy atom. The van der Waals surface area contributed by atoms with Gasteiger partial charge in [-0.2, -0.15) is 0 Å². The molecule has 1 amide bonds.